The van der Waals surface area contributed by atoms with E-state index in [1.807, 2.05) is 0 Å². The first-order valence-electron chi connectivity index (χ1n) is 4.93. The fraction of sp³-hybridized carbons (Fsp3) is 0.500. The molecule has 0 N–H and O–H groups in total. The molecule has 0 saturated heterocycles. The Balaban J connectivity index is 2.87. The highest BCUT2D eigenvalue weighted by Gasteiger charge is 2.28. The predicted molar refractivity (Wildman–Crippen MR) is 58.8 cm³/mol. The van der Waals surface area contributed by atoms with Gasteiger partial charge >= 0.3 is 0 Å². The van der Waals surface area contributed by atoms with E-state index in [9.17, 15) is 8.42 Å². The second-order valence-corrected chi connectivity index (χ2v) is 5.58. The Hall–Kier alpha value is -1.32. The molecule has 0 aliphatic heterocycles. The zero-order valence-corrected chi connectivity index (χ0v) is 10.1. The molecule has 6 heteroatoms. The summed E-state index contributed by atoms with van der Waals surface area (Å²) in [5.41, 5.74) is 0. The Kier molecular flexibility index (Phi) is 4.10. The quantitative estimate of drug-likeness (QED) is 0.781. The van der Waals surface area contributed by atoms with Crippen molar-refractivity contribution in [3.63, 3.8) is 0 Å². The van der Waals surface area contributed by atoms with Gasteiger partial charge in [-0.2, -0.15) is 9.57 Å². The minimum atomic E-state index is -3.57. The van der Waals surface area contributed by atoms with Crippen LogP contribution in [-0.2, 0) is 16.6 Å². The molecular formula is C10H14N2O3S. The second-order valence-electron chi connectivity index (χ2n) is 3.32. The van der Waals surface area contributed by atoms with Crippen LogP contribution in [0.4, 0.5) is 0 Å². The van der Waals surface area contributed by atoms with E-state index in [1.165, 1.54) is 17.5 Å². The molecule has 0 saturated carbocycles. The third-order valence-electron chi connectivity index (χ3n) is 2.25. The molecule has 1 aromatic heterocycles. The van der Waals surface area contributed by atoms with E-state index in [1.54, 1.807) is 25.1 Å². The first-order chi connectivity index (χ1) is 7.52. The zero-order valence-electron chi connectivity index (χ0n) is 9.25. The Labute approximate surface area is 95.3 Å². The van der Waals surface area contributed by atoms with Gasteiger partial charge in [0.05, 0.1) is 18.9 Å². The lowest BCUT2D eigenvalue weighted by molar-refractivity contribution is 0.374. The van der Waals surface area contributed by atoms with Gasteiger partial charge in [-0.05, 0) is 19.1 Å². The monoisotopic (exact) mass is 242 g/mol. The Bertz CT molecular complexity index is 459. The molecular weight excluding hydrogens is 228 g/mol. The number of hydrogen-bond donors (Lipinski definition) is 0. The van der Waals surface area contributed by atoms with E-state index < -0.39 is 15.3 Å². The minimum absolute atomic E-state index is 0.165. The summed E-state index contributed by atoms with van der Waals surface area (Å²) in [7, 11) is -3.57. The zero-order chi connectivity index (χ0) is 12.2. The number of rotatable bonds is 5. The van der Waals surface area contributed by atoms with Crippen molar-refractivity contribution in [3.8, 4) is 6.07 Å². The summed E-state index contributed by atoms with van der Waals surface area (Å²) in [4.78, 5) is 0. The third-order valence-corrected chi connectivity index (χ3v) is 4.36. The Morgan fingerprint density at radius 2 is 2.31 bits per heavy atom. The number of furan rings is 1. The van der Waals surface area contributed by atoms with Gasteiger partial charge in [-0.1, -0.05) is 6.92 Å². The normalized spacial score (nSPS) is 13.6. The number of nitriles is 1. The lowest BCUT2D eigenvalue weighted by atomic mass is 10.4. The van der Waals surface area contributed by atoms with Gasteiger partial charge in [0.2, 0.25) is 10.0 Å². The van der Waals surface area contributed by atoms with Gasteiger partial charge in [0.25, 0.3) is 0 Å². The summed E-state index contributed by atoms with van der Waals surface area (Å²) in [5, 5.41) is 7.62. The molecule has 1 rings (SSSR count). The largest absolute Gasteiger partial charge is 0.468 e. The number of sulfonamides is 1. The predicted octanol–water partition coefficient (Wildman–Crippen LogP) is 1.34. The van der Waals surface area contributed by atoms with Crippen molar-refractivity contribution in [1.82, 2.24) is 4.31 Å². The van der Waals surface area contributed by atoms with Gasteiger partial charge < -0.3 is 4.42 Å². The molecule has 0 bridgehead atoms. The Morgan fingerprint density at radius 1 is 1.62 bits per heavy atom. The minimum Gasteiger partial charge on any atom is -0.468 e. The first-order valence-corrected chi connectivity index (χ1v) is 6.43. The average molecular weight is 242 g/mol. The maximum absolute atomic E-state index is 11.9. The first kappa shape index (κ1) is 12.7. The van der Waals surface area contributed by atoms with Crippen molar-refractivity contribution < 1.29 is 12.8 Å². The van der Waals surface area contributed by atoms with Crippen molar-refractivity contribution >= 4 is 10.0 Å². The van der Waals surface area contributed by atoms with Gasteiger partial charge in [0.1, 0.15) is 5.76 Å². The lowest BCUT2D eigenvalue weighted by Gasteiger charge is -2.20. The summed E-state index contributed by atoms with van der Waals surface area (Å²) in [6.45, 7) is 3.58. The maximum Gasteiger partial charge on any atom is 0.230 e. The van der Waals surface area contributed by atoms with Crippen LogP contribution >= 0.6 is 0 Å². The topological polar surface area (TPSA) is 74.3 Å². The molecule has 1 atom stereocenters. The molecule has 0 aromatic carbocycles. The van der Waals surface area contributed by atoms with E-state index in [-0.39, 0.29) is 6.54 Å². The molecule has 5 nitrogen and oxygen atoms in total. The van der Waals surface area contributed by atoms with Crippen molar-refractivity contribution in [3.05, 3.63) is 24.2 Å². The van der Waals surface area contributed by atoms with Crippen LogP contribution in [0.3, 0.4) is 0 Å². The van der Waals surface area contributed by atoms with Gasteiger partial charge in [-0.3, -0.25) is 0 Å². The van der Waals surface area contributed by atoms with Crippen LogP contribution in [0.1, 0.15) is 19.6 Å². The highest BCUT2D eigenvalue weighted by molar-refractivity contribution is 7.89. The molecule has 1 aromatic rings. The van der Waals surface area contributed by atoms with Gasteiger partial charge in [0, 0.05) is 6.54 Å². The average Bonchev–Trinajstić information content (AvgIpc) is 2.76. The maximum atomic E-state index is 11.9. The molecule has 1 heterocycles. The lowest BCUT2D eigenvalue weighted by Crippen LogP contribution is -2.36. The number of nitrogens with zero attached hydrogens (tertiary/aromatic N) is 2. The van der Waals surface area contributed by atoms with Crippen LogP contribution in [0.5, 0.6) is 0 Å². The number of hydrogen-bond acceptors (Lipinski definition) is 4. The SMILES string of the molecule is CCN(Cc1ccco1)S(=O)(=O)C(C)C#N. The summed E-state index contributed by atoms with van der Waals surface area (Å²) in [5.74, 6) is 0.565. The molecule has 0 aliphatic rings. The van der Waals surface area contributed by atoms with Crippen LogP contribution in [0.15, 0.2) is 22.8 Å². The highest BCUT2D eigenvalue weighted by Crippen LogP contribution is 2.13. The van der Waals surface area contributed by atoms with Gasteiger partial charge in [0.15, 0.2) is 5.25 Å². The molecule has 0 fully saturated rings. The second kappa shape index (κ2) is 5.14. The van der Waals surface area contributed by atoms with Gasteiger partial charge in [-0.15, -0.1) is 0 Å². The Morgan fingerprint density at radius 3 is 2.75 bits per heavy atom. The third kappa shape index (κ3) is 2.62. The molecule has 0 spiro atoms. The van der Waals surface area contributed by atoms with Crippen LogP contribution in [-0.4, -0.2) is 24.5 Å². The van der Waals surface area contributed by atoms with Crippen LogP contribution in [0.2, 0.25) is 0 Å². The fourth-order valence-corrected chi connectivity index (χ4v) is 2.50. The van der Waals surface area contributed by atoms with Crippen molar-refractivity contribution in [2.75, 3.05) is 6.54 Å². The molecule has 0 radical (unpaired) electrons. The van der Waals surface area contributed by atoms with Gasteiger partial charge in [-0.25, -0.2) is 8.42 Å². The molecule has 88 valence electrons. The summed E-state index contributed by atoms with van der Waals surface area (Å²) >= 11 is 0. The highest BCUT2D eigenvalue weighted by atomic mass is 32.2. The fourth-order valence-electron chi connectivity index (χ4n) is 1.25. The molecule has 1 unspecified atom stereocenters. The van der Waals surface area contributed by atoms with Crippen LogP contribution < -0.4 is 0 Å². The van der Waals surface area contributed by atoms with Crippen molar-refractivity contribution in [1.29, 1.82) is 5.26 Å². The summed E-state index contributed by atoms with van der Waals surface area (Å²) < 4.78 is 30.1. The molecule has 0 aliphatic carbocycles. The van der Waals surface area contributed by atoms with E-state index >= 15 is 0 Å². The van der Waals surface area contributed by atoms with E-state index in [4.69, 9.17) is 9.68 Å². The molecule has 16 heavy (non-hydrogen) atoms. The van der Waals surface area contributed by atoms with Crippen LogP contribution in [0, 0.1) is 11.3 Å². The van der Waals surface area contributed by atoms with Crippen molar-refractivity contribution in [2.45, 2.75) is 25.6 Å². The summed E-state index contributed by atoms with van der Waals surface area (Å²) in [6.07, 6.45) is 1.49. The smallest absolute Gasteiger partial charge is 0.230 e. The summed E-state index contributed by atoms with van der Waals surface area (Å²) in [6, 6.07) is 5.14. The van der Waals surface area contributed by atoms with Crippen LogP contribution in [0.25, 0.3) is 0 Å². The van der Waals surface area contributed by atoms with Crippen molar-refractivity contribution in [2.24, 2.45) is 0 Å². The van der Waals surface area contributed by atoms with E-state index in [2.05, 4.69) is 0 Å². The standard InChI is InChI=1S/C10H14N2O3S/c1-3-12(8-10-5-4-6-15-10)16(13,14)9(2)7-11/h4-6,9H,3,8H2,1-2H3. The van der Waals surface area contributed by atoms with E-state index in [0.717, 1.165) is 0 Å². The molecule has 0 amide bonds. The van der Waals surface area contributed by atoms with E-state index in [0.29, 0.717) is 12.3 Å².